The van der Waals surface area contributed by atoms with Crippen LogP contribution in [0.1, 0.15) is 31.8 Å². The van der Waals surface area contributed by atoms with Gasteiger partial charge in [-0.25, -0.2) is 0 Å². The molecule has 0 aliphatic carbocycles. The molecule has 0 radical (unpaired) electrons. The SMILES string of the molecule is O=C(NCc1ccccc1)[C@@H](Cc1ccc([N+](=O)[O-])cc1)N1C(=O)c2ccccc2C1=O. The Morgan fingerprint density at radius 2 is 1.41 bits per heavy atom. The van der Waals surface area contributed by atoms with Gasteiger partial charge in [-0.1, -0.05) is 54.6 Å². The topological polar surface area (TPSA) is 110 Å². The molecular formula is C24H19N3O5. The van der Waals surface area contributed by atoms with Crippen LogP contribution in [0.15, 0.2) is 78.9 Å². The number of non-ortho nitro benzene ring substituents is 1. The molecule has 3 amide bonds. The lowest BCUT2D eigenvalue weighted by molar-refractivity contribution is -0.384. The molecule has 160 valence electrons. The zero-order valence-electron chi connectivity index (χ0n) is 16.9. The number of imide groups is 1. The molecule has 0 saturated carbocycles. The second-order valence-electron chi connectivity index (χ2n) is 7.37. The molecule has 4 rings (SSSR count). The number of fused-ring (bicyclic) bond motifs is 1. The van der Waals surface area contributed by atoms with Gasteiger partial charge >= 0.3 is 0 Å². The third kappa shape index (κ3) is 4.11. The standard InChI is InChI=1S/C24H19N3O5/c28-22(25-15-17-6-2-1-3-7-17)21(14-16-10-12-18(13-11-16)27(31)32)26-23(29)19-8-4-5-9-20(19)24(26)30/h1-13,21H,14-15H2,(H,25,28)/t21-/m1/s1. The summed E-state index contributed by atoms with van der Waals surface area (Å²) in [6, 6.07) is 20.3. The second-order valence-corrected chi connectivity index (χ2v) is 7.37. The number of nitrogens with one attached hydrogen (secondary N) is 1. The van der Waals surface area contributed by atoms with E-state index in [0.717, 1.165) is 10.5 Å². The summed E-state index contributed by atoms with van der Waals surface area (Å²) in [6.45, 7) is 0.236. The van der Waals surface area contributed by atoms with Crippen LogP contribution in [0.5, 0.6) is 0 Å². The van der Waals surface area contributed by atoms with E-state index in [0.29, 0.717) is 5.56 Å². The molecule has 0 saturated heterocycles. The van der Waals surface area contributed by atoms with E-state index in [1.54, 1.807) is 24.3 Å². The van der Waals surface area contributed by atoms with Crippen LogP contribution < -0.4 is 5.32 Å². The third-order valence-electron chi connectivity index (χ3n) is 5.33. The van der Waals surface area contributed by atoms with Crippen molar-refractivity contribution in [3.05, 3.63) is 111 Å². The lowest BCUT2D eigenvalue weighted by Crippen LogP contribution is -2.50. The molecule has 0 unspecified atom stereocenters. The van der Waals surface area contributed by atoms with E-state index in [-0.39, 0.29) is 29.8 Å². The lowest BCUT2D eigenvalue weighted by Gasteiger charge is -2.25. The Labute approximate surface area is 183 Å². The number of carbonyl (C=O) groups is 3. The van der Waals surface area contributed by atoms with Gasteiger partial charge in [-0.05, 0) is 23.3 Å². The number of carbonyl (C=O) groups excluding carboxylic acids is 3. The summed E-state index contributed by atoms with van der Waals surface area (Å²) in [5.41, 5.74) is 1.88. The fraction of sp³-hybridized carbons (Fsp3) is 0.125. The van der Waals surface area contributed by atoms with E-state index in [1.807, 2.05) is 30.3 Å². The van der Waals surface area contributed by atoms with E-state index in [2.05, 4.69) is 5.32 Å². The van der Waals surface area contributed by atoms with Crippen molar-refractivity contribution < 1.29 is 19.3 Å². The van der Waals surface area contributed by atoms with Crippen LogP contribution in [0.2, 0.25) is 0 Å². The van der Waals surface area contributed by atoms with Gasteiger partial charge < -0.3 is 5.32 Å². The number of rotatable bonds is 7. The predicted molar refractivity (Wildman–Crippen MR) is 116 cm³/mol. The Morgan fingerprint density at radius 3 is 1.97 bits per heavy atom. The molecule has 1 heterocycles. The minimum Gasteiger partial charge on any atom is -0.350 e. The van der Waals surface area contributed by atoms with E-state index >= 15 is 0 Å². The van der Waals surface area contributed by atoms with E-state index < -0.39 is 28.7 Å². The zero-order chi connectivity index (χ0) is 22.7. The summed E-state index contributed by atoms with van der Waals surface area (Å²) in [7, 11) is 0. The molecule has 0 bridgehead atoms. The average Bonchev–Trinajstić information content (AvgIpc) is 3.07. The molecule has 0 fully saturated rings. The largest absolute Gasteiger partial charge is 0.350 e. The molecule has 8 nitrogen and oxygen atoms in total. The highest BCUT2D eigenvalue weighted by molar-refractivity contribution is 6.22. The van der Waals surface area contributed by atoms with Crippen molar-refractivity contribution in [3.8, 4) is 0 Å². The maximum absolute atomic E-state index is 13.2. The smallest absolute Gasteiger partial charge is 0.269 e. The van der Waals surface area contributed by atoms with Gasteiger partial charge in [0.25, 0.3) is 17.5 Å². The van der Waals surface area contributed by atoms with Crippen molar-refractivity contribution in [2.45, 2.75) is 19.0 Å². The summed E-state index contributed by atoms with van der Waals surface area (Å²) >= 11 is 0. The summed E-state index contributed by atoms with van der Waals surface area (Å²) in [6.07, 6.45) is 0.0318. The summed E-state index contributed by atoms with van der Waals surface area (Å²) < 4.78 is 0. The van der Waals surface area contributed by atoms with E-state index in [4.69, 9.17) is 0 Å². The molecule has 8 heteroatoms. The number of nitrogens with zero attached hydrogens (tertiary/aromatic N) is 2. The highest BCUT2D eigenvalue weighted by Crippen LogP contribution is 2.26. The Hall–Kier alpha value is -4.33. The van der Waals surface area contributed by atoms with E-state index in [1.165, 1.54) is 24.3 Å². The van der Waals surface area contributed by atoms with Crippen LogP contribution in [0.3, 0.4) is 0 Å². The van der Waals surface area contributed by atoms with Crippen molar-refractivity contribution in [1.29, 1.82) is 0 Å². The molecule has 3 aromatic carbocycles. The number of nitro benzene ring substituents is 1. The summed E-state index contributed by atoms with van der Waals surface area (Å²) in [5, 5.41) is 13.7. The molecule has 1 aliphatic rings. The number of nitro groups is 1. The highest BCUT2D eigenvalue weighted by atomic mass is 16.6. The fourth-order valence-corrected chi connectivity index (χ4v) is 3.67. The third-order valence-corrected chi connectivity index (χ3v) is 5.33. The number of benzene rings is 3. The van der Waals surface area contributed by atoms with Gasteiger partial charge in [-0.2, -0.15) is 0 Å². The van der Waals surface area contributed by atoms with Crippen LogP contribution >= 0.6 is 0 Å². The Morgan fingerprint density at radius 1 is 0.844 bits per heavy atom. The van der Waals surface area contributed by atoms with Gasteiger partial charge in [0, 0.05) is 25.1 Å². The maximum Gasteiger partial charge on any atom is 0.269 e. The van der Waals surface area contributed by atoms with Crippen LogP contribution in [0.25, 0.3) is 0 Å². The number of hydrogen-bond donors (Lipinski definition) is 1. The molecule has 0 spiro atoms. The van der Waals surface area contributed by atoms with E-state index in [9.17, 15) is 24.5 Å². The van der Waals surface area contributed by atoms with Gasteiger partial charge in [0.05, 0.1) is 16.1 Å². The Balaban J connectivity index is 1.62. The van der Waals surface area contributed by atoms with Gasteiger partial charge in [0.1, 0.15) is 6.04 Å². The minimum absolute atomic E-state index is 0.0318. The monoisotopic (exact) mass is 429 g/mol. The van der Waals surface area contributed by atoms with Crippen LogP contribution in [-0.4, -0.2) is 33.6 Å². The Bertz CT molecular complexity index is 1160. The molecule has 1 atom stereocenters. The molecule has 1 aliphatic heterocycles. The zero-order valence-corrected chi connectivity index (χ0v) is 16.9. The normalized spacial score (nSPS) is 13.6. The summed E-state index contributed by atoms with van der Waals surface area (Å²) in [5.74, 6) is -1.55. The predicted octanol–water partition coefficient (Wildman–Crippen LogP) is 3.12. The quantitative estimate of drug-likeness (QED) is 0.353. The van der Waals surface area contributed by atoms with Crippen molar-refractivity contribution in [1.82, 2.24) is 10.2 Å². The van der Waals surface area contributed by atoms with Crippen LogP contribution in [-0.2, 0) is 17.8 Å². The van der Waals surface area contributed by atoms with Gasteiger partial charge in [-0.3, -0.25) is 29.4 Å². The second kappa shape index (κ2) is 8.81. The molecular weight excluding hydrogens is 410 g/mol. The molecule has 0 aromatic heterocycles. The van der Waals surface area contributed by atoms with Crippen molar-refractivity contribution in [2.75, 3.05) is 0 Å². The Kier molecular flexibility index (Phi) is 5.76. The average molecular weight is 429 g/mol. The molecule has 3 aromatic rings. The van der Waals surface area contributed by atoms with Crippen molar-refractivity contribution >= 4 is 23.4 Å². The lowest BCUT2D eigenvalue weighted by atomic mass is 10.0. The first kappa shape index (κ1) is 20.9. The van der Waals surface area contributed by atoms with Gasteiger partial charge in [0.2, 0.25) is 5.91 Å². The first-order valence-electron chi connectivity index (χ1n) is 9.97. The number of hydrogen-bond acceptors (Lipinski definition) is 5. The van der Waals surface area contributed by atoms with Crippen LogP contribution in [0, 0.1) is 10.1 Å². The highest BCUT2D eigenvalue weighted by Gasteiger charge is 2.42. The maximum atomic E-state index is 13.2. The molecule has 1 N–H and O–H groups in total. The van der Waals surface area contributed by atoms with Crippen LogP contribution in [0.4, 0.5) is 5.69 Å². The first-order valence-corrected chi connectivity index (χ1v) is 9.97. The summed E-state index contributed by atoms with van der Waals surface area (Å²) in [4.78, 5) is 50.5. The molecule has 32 heavy (non-hydrogen) atoms. The first-order chi connectivity index (χ1) is 15.5. The minimum atomic E-state index is -1.10. The fourth-order valence-electron chi connectivity index (χ4n) is 3.67. The van der Waals surface area contributed by atoms with Gasteiger partial charge in [-0.15, -0.1) is 0 Å². The number of amides is 3. The van der Waals surface area contributed by atoms with Gasteiger partial charge in [0.15, 0.2) is 0 Å². The van der Waals surface area contributed by atoms with Crippen molar-refractivity contribution in [2.24, 2.45) is 0 Å². The van der Waals surface area contributed by atoms with Crippen molar-refractivity contribution in [3.63, 3.8) is 0 Å².